The lowest BCUT2D eigenvalue weighted by molar-refractivity contribution is 0.462. The molecule has 0 aliphatic heterocycles. The highest BCUT2D eigenvalue weighted by Gasteiger charge is 2.20. The molecule has 2 aromatic heterocycles. The van der Waals surface area contributed by atoms with Gasteiger partial charge in [0.2, 0.25) is 0 Å². The van der Waals surface area contributed by atoms with Gasteiger partial charge in [0.15, 0.2) is 5.82 Å². The van der Waals surface area contributed by atoms with Gasteiger partial charge in [0, 0.05) is 49.0 Å². The Labute approximate surface area is 228 Å². The van der Waals surface area contributed by atoms with Gasteiger partial charge in [-0.25, -0.2) is 8.51 Å². The lowest BCUT2D eigenvalue weighted by Crippen LogP contribution is -2.25. The van der Waals surface area contributed by atoms with Gasteiger partial charge in [-0.3, -0.25) is 9.67 Å². The summed E-state index contributed by atoms with van der Waals surface area (Å²) in [6.07, 6.45) is 8.42. The molecule has 2 heterocycles. The number of nitrogens with zero attached hydrogens (tertiary/aromatic N) is 5. The van der Waals surface area contributed by atoms with E-state index in [0.717, 1.165) is 57.8 Å². The summed E-state index contributed by atoms with van der Waals surface area (Å²) in [4.78, 5) is 7.07. The van der Waals surface area contributed by atoms with E-state index in [1.165, 1.54) is 0 Å². The van der Waals surface area contributed by atoms with Crippen molar-refractivity contribution in [3.8, 4) is 0 Å². The number of anilines is 1. The van der Waals surface area contributed by atoms with Gasteiger partial charge in [0.05, 0.1) is 17.0 Å². The van der Waals surface area contributed by atoms with Gasteiger partial charge in [-0.05, 0) is 74.7 Å². The molecule has 0 amide bonds. The van der Waals surface area contributed by atoms with Gasteiger partial charge in [-0.1, -0.05) is 43.7 Å². The van der Waals surface area contributed by atoms with Crippen LogP contribution < -0.4 is 4.90 Å². The van der Waals surface area contributed by atoms with Crippen molar-refractivity contribution in [3.05, 3.63) is 83.2 Å². The number of hydrogen-bond acceptors (Lipinski definition) is 4. The first-order valence-corrected chi connectivity index (χ1v) is 14.3. The lowest BCUT2D eigenvalue weighted by Gasteiger charge is -2.20. The molecule has 1 unspecified atom stereocenters. The molecule has 3 rings (SSSR count). The third-order valence-corrected chi connectivity index (χ3v) is 8.14. The summed E-state index contributed by atoms with van der Waals surface area (Å²) < 4.78 is 17.6. The molecule has 0 spiro atoms. The zero-order valence-corrected chi connectivity index (χ0v) is 24.1. The highest BCUT2D eigenvalue weighted by atomic mass is 35.5. The average Bonchev–Trinajstić information content (AvgIpc) is 3.27. The molecular formula is C29H38ClN5OS. The Morgan fingerprint density at radius 3 is 2.41 bits per heavy atom. The third kappa shape index (κ3) is 6.98. The van der Waals surface area contributed by atoms with Crippen molar-refractivity contribution >= 4 is 39.3 Å². The van der Waals surface area contributed by atoms with Crippen LogP contribution in [0, 0.1) is 0 Å². The number of pyridine rings is 1. The molecule has 8 heteroatoms. The number of aromatic nitrogens is 3. The summed E-state index contributed by atoms with van der Waals surface area (Å²) in [5.74, 6) is 0.886. The van der Waals surface area contributed by atoms with Crippen molar-refractivity contribution in [2.45, 2.75) is 59.0 Å². The fourth-order valence-electron chi connectivity index (χ4n) is 4.14. The first-order chi connectivity index (χ1) is 17.8. The maximum Gasteiger partial charge on any atom is 0.158 e. The molecule has 0 fully saturated rings. The van der Waals surface area contributed by atoms with Gasteiger partial charge in [-0.15, -0.1) is 0 Å². The predicted octanol–water partition coefficient (Wildman–Crippen LogP) is 6.86. The highest BCUT2D eigenvalue weighted by Crippen LogP contribution is 2.31. The average molecular weight is 540 g/mol. The molecule has 0 N–H and O–H groups in total. The highest BCUT2D eigenvalue weighted by molar-refractivity contribution is 7.82. The van der Waals surface area contributed by atoms with Gasteiger partial charge >= 0.3 is 0 Å². The summed E-state index contributed by atoms with van der Waals surface area (Å²) in [6.45, 7) is 17.9. The molecule has 1 atom stereocenters. The van der Waals surface area contributed by atoms with E-state index in [0.29, 0.717) is 24.7 Å². The number of fused-ring (bicyclic) bond motifs is 1. The number of halogens is 1. The topological polar surface area (TPSA) is 54.3 Å². The van der Waals surface area contributed by atoms with Crippen LogP contribution in [0.3, 0.4) is 0 Å². The van der Waals surface area contributed by atoms with Crippen LogP contribution in [0.5, 0.6) is 0 Å². The second-order valence-electron chi connectivity index (χ2n) is 8.81. The van der Waals surface area contributed by atoms with Crippen LogP contribution in [-0.2, 0) is 24.1 Å². The number of benzene rings is 1. The zero-order valence-electron chi connectivity index (χ0n) is 22.6. The quantitative estimate of drug-likeness (QED) is 0.223. The summed E-state index contributed by atoms with van der Waals surface area (Å²) in [6, 6.07) is 9.91. The van der Waals surface area contributed by atoms with E-state index in [-0.39, 0.29) is 0 Å². The third-order valence-electron chi connectivity index (χ3n) is 6.27. The van der Waals surface area contributed by atoms with Gasteiger partial charge in [0.1, 0.15) is 11.0 Å². The van der Waals surface area contributed by atoms with E-state index in [4.69, 9.17) is 16.7 Å². The van der Waals surface area contributed by atoms with E-state index in [9.17, 15) is 4.21 Å². The molecule has 0 aliphatic rings. The largest absolute Gasteiger partial charge is 0.355 e. The maximum absolute atomic E-state index is 13.6. The molecule has 6 nitrogen and oxygen atoms in total. The van der Waals surface area contributed by atoms with Crippen molar-refractivity contribution in [1.82, 2.24) is 19.1 Å². The van der Waals surface area contributed by atoms with Gasteiger partial charge < -0.3 is 4.90 Å². The smallest absolute Gasteiger partial charge is 0.158 e. The second-order valence-corrected chi connectivity index (χ2v) is 10.7. The van der Waals surface area contributed by atoms with Crippen LogP contribution in [-0.4, -0.2) is 42.9 Å². The monoisotopic (exact) mass is 539 g/mol. The molecule has 0 aliphatic carbocycles. The minimum Gasteiger partial charge on any atom is -0.355 e. The normalized spacial score (nSPS) is 13.4. The van der Waals surface area contributed by atoms with E-state index < -0.39 is 11.0 Å². The molecule has 198 valence electrons. The molecule has 0 radical (unpaired) electrons. The van der Waals surface area contributed by atoms with Crippen LogP contribution in [0.25, 0.3) is 10.9 Å². The van der Waals surface area contributed by atoms with Gasteiger partial charge in [0.25, 0.3) is 0 Å². The Bertz CT molecular complexity index is 1290. The summed E-state index contributed by atoms with van der Waals surface area (Å²) in [5.41, 5.74) is 3.91. The van der Waals surface area contributed by atoms with Crippen LogP contribution >= 0.6 is 11.6 Å². The summed E-state index contributed by atoms with van der Waals surface area (Å²) >= 11 is 6.66. The minimum atomic E-state index is -1.32. The predicted molar refractivity (Wildman–Crippen MR) is 157 cm³/mol. The molecule has 0 bridgehead atoms. The molecular weight excluding hydrogens is 502 g/mol. The van der Waals surface area contributed by atoms with Crippen LogP contribution in [0.15, 0.2) is 82.5 Å². The summed E-state index contributed by atoms with van der Waals surface area (Å²) in [7, 11) is -1.32. The number of rotatable bonds is 13. The second kappa shape index (κ2) is 13.7. The van der Waals surface area contributed by atoms with Crippen LogP contribution in [0.1, 0.15) is 46.6 Å². The first kappa shape index (κ1) is 28.8. The number of hydrogen-bond donors (Lipinski definition) is 0. The Hall–Kier alpha value is -2.74. The molecule has 1 aromatic carbocycles. The van der Waals surface area contributed by atoms with Crippen molar-refractivity contribution in [2.75, 3.05) is 24.5 Å². The Balaban J connectivity index is 2.06. The van der Waals surface area contributed by atoms with E-state index in [2.05, 4.69) is 37.2 Å². The fourth-order valence-corrected chi connectivity index (χ4v) is 5.65. The maximum atomic E-state index is 13.6. The first-order valence-electron chi connectivity index (χ1n) is 12.9. The van der Waals surface area contributed by atoms with E-state index in [1.54, 1.807) is 12.4 Å². The SMILES string of the molecule is C=C(C)/C(Cn1nc(N(CC)CC)c2cc(S(=O)N(CC)Cc3ccncc3)ccc21)=C(Cl)\C=C/CC. The van der Waals surface area contributed by atoms with Crippen molar-refractivity contribution in [2.24, 2.45) is 0 Å². The molecule has 0 saturated carbocycles. The van der Waals surface area contributed by atoms with Gasteiger partial charge in [-0.2, -0.15) is 5.10 Å². The molecule has 37 heavy (non-hydrogen) atoms. The minimum absolute atomic E-state index is 0.506. The zero-order chi connectivity index (χ0) is 26.9. The Morgan fingerprint density at radius 1 is 1.11 bits per heavy atom. The van der Waals surface area contributed by atoms with Crippen LogP contribution in [0.2, 0.25) is 0 Å². The molecule has 3 aromatic rings. The van der Waals surface area contributed by atoms with Crippen molar-refractivity contribution < 1.29 is 4.21 Å². The standard InChI is InChI=1S/C29H38ClN5OS/c1-7-11-12-27(30)26(22(5)6)21-35-28-14-13-24(19-25(28)29(32-35)33(8-2)9-3)37(36)34(10-4)20-23-15-17-31-18-16-23/h11-19H,5,7-10,20-21H2,1-4,6H3/b12-11-,27-26+. The van der Waals surface area contributed by atoms with Crippen molar-refractivity contribution in [3.63, 3.8) is 0 Å². The fraction of sp³-hybridized carbons (Fsp3) is 0.379. The molecule has 0 saturated heterocycles. The van der Waals surface area contributed by atoms with Crippen molar-refractivity contribution in [1.29, 1.82) is 0 Å². The Kier molecular flexibility index (Phi) is 10.7. The van der Waals surface area contributed by atoms with E-state index >= 15 is 0 Å². The summed E-state index contributed by atoms with van der Waals surface area (Å²) in [5, 5.41) is 6.67. The number of allylic oxidation sites excluding steroid dienone is 5. The Morgan fingerprint density at radius 2 is 1.81 bits per heavy atom. The van der Waals surface area contributed by atoms with Crippen LogP contribution in [0.4, 0.5) is 5.82 Å². The lowest BCUT2D eigenvalue weighted by atomic mass is 10.1. The van der Waals surface area contributed by atoms with E-state index in [1.807, 2.05) is 65.3 Å².